The Hall–Kier alpha value is -1.44. The van der Waals surface area contributed by atoms with Crippen molar-refractivity contribution in [2.45, 2.75) is 31.3 Å². The fourth-order valence-electron chi connectivity index (χ4n) is 4.03. The van der Waals surface area contributed by atoms with Gasteiger partial charge in [-0.05, 0) is 49.6 Å². The molecule has 0 aliphatic carbocycles. The van der Waals surface area contributed by atoms with Crippen molar-refractivity contribution >= 4 is 41.0 Å². The Morgan fingerprint density at radius 1 is 1.31 bits per heavy atom. The molecule has 2 fully saturated rings. The van der Waals surface area contributed by atoms with Crippen molar-refractivity contribution < 1.29 is 14.7 Å². The number of ketones is 1. The van der Waals surface area contributed by atoms with Crippen molar-refractivity contribution in [1.82, 2.24) is 15.1 Å². The van der Waals surface area contributed by atoms with Crippen LogP contribution in [0.3, 0.4) is 0 Å². The molecule has 2 heterocycles. The van der Waals surface area contributed by atoms with Crippen LogP contribution in [0.5, 0.6) is 0 Å². The summed E-state index contributed by atoms with van der Waals surface area (Å²) >= 11 is 12.0. The number of hydrogen-bond acceptors (Lipinski definition) is 5. The lowest BCUT2D eigenvalue weighted by Gasteiger charge is -2.33. The lowest BCUT2D eigenvalue weighted by atomic mass is 10.0. The number of hydrogen-bond donors (Lipinski definition) is 2. The molecule has 6 nitrogen and oxygen atoms in total. The summed E-state index contributed by atoms with van der Waals surface area (Å²) in [4.78, 5) is 28.9. The first-order chi connectivity index (χ1) is 14.0. The van der Waals surface area contributed by atoms with Gasteiger partial charge in [0.15, 0.2) is 5.78 Å². The summed E-state index contributed by atoms with van der Waals surface area (Å²) in [5, 5.41) is 13.5. The lowest BCUT2D eigenvalue weighted by molar-refractivity contribution is -0.124. The average Bonchev–Trinajstić information content (AvgIpc) is 3.17. The summed E-state index contributed by atoms with van der Waals surface area (Å²) in [6, 6.07) is 4.92. The van der Waals surface area contributed by atoms with E-state index in [-0.39, 0.29) is 30.4 Å². The molecule has 2 atom stereocenters. The summed E-state index contributed by atoms with van der Waals surface area (Å²) in [6.07, 6.45) is 5.81. The first-order valence-corrected chi connectivity index (χ1v) is 10.8. The predicted molar refractivity (Wildman–Crippen MR) is 115 cm³/mol. The Labute approximate surface area is 181 Å². The highest BCUT2D eigenvalue weighted by Gasteiger charge is 2.33. The molecular formula is C21H27Cl2N3O3. The van der Waals surface area contributed by atoms with Crippen LogP contribution in [0.25, 0.3) is 6.08 Å². The molecule has 8 heteroatoms. The van der Waals surface area contributed by atoms with Gasteiger partial charge in [0.05, 0.1) is 29.2 Å². The van der Waals surface area contributed by atoms with Gasteiger partial charge in [-0.25, -0.2) is 0 Å². The number of aliphatic hydroxyl groups is 1. The Balaban J connectivity index is 1.70. The minimum atomic E-state index is -0.321. The number of nitrogens with one attached hydrogen (secondary N) is 1. The van der Waals surface area contributed by atoms with Gasteiger partial charge in [-0.1, -0.05) is 35.3 Å². The number of carbonyl (C=O) groups is 2. The first-order valence-electron chi connectivity index (χ1n) is 10.0. The van der Waals surface area contributed by atoms with Crippen molar-refractivity contribution in [3.8, 4) is 0 Å². The molecule has 158 valence electrons. The maximum Gasteiger partial charge on any atom is 0.234 e. The van der Waals surface area contributed by atoms with Gasteiger partial charge in [0.2, 0.25) is 5.91 Å². The van der Waals surface area contributed by atoms with Crippen molar-refractivity contribution in [1.29, 1.82) is 0 Å². The summed E-state index contributed by atoms with van der Waals surface area (Å²) in [5.74, 6) is 0.0194. The van der Waals surface area contributed by atoms with Gasteiger partial charge >= 0.3 is 0 Å². The molecule has 0 aromatic heterocycles. The average molecular weight is 440 g/mol. The molecule has 0 spiro atoms. The van der Waals surface area contributed by atoms with Crippen LogP contribution in [0.15, 0.2) is 24.3 Å². The molecule has 0 saturated carbocycles. The predicted octanol–water partition coefficient (Wildman–Crippen LogP) is 2.22. The van der Waals surface area contributed by atoms with Crippen LogP contribution in [0.1, 0.15) is 24.8 Å². The minimum absolute atomic E-state index is 0.00196. The van der Waals surface area contributed by atoms with E-state index in [0.717, 1.165) is 31.5 Å². The second kappa shape index (κ2) is 10.5. The molecular weight excluding hydrogens is 413 g/mol. The summed E-state index contributed by atoms with van der Waals surface area (Å²) in [7, 11) is 0. The molecule has 3 rings (SSSR count). The van der Waals surface area contributed by atoms with Crippen LogP contribution < -0.4 is 5.32 Å². The molecule has 2 aliphatic heterocycles. The van der Waals surface area contributed by atoms with Gasteiger partial charge < -0.3 is 10.4 Å². The van der Waals surface area contributed by atoms with Crippen LogP contribution in [0, 0.1) is 0 Å². The van der Waals surface area contributed by atoms with Crippen LogP contribution in [0.2, 0.25) is 10.0 Å². The van der Waals surface area contributed by atoms with E-state index >= 15 is 0 Å². The highest BCUT2D eigenvalue weighted by molar-refractivity contribution is 6.42. The third-order valence-corrected chi connectivity index (χ3v) is 6.32. The molecule has 0 radical (unpaired) electrons. The third-order valence-electron chi connectivity index (χ3n) is 5.58. The molecule has 2 saturated heterocycles. The van der Waals surface area contributed by atoms with Gasteiger partial charge in [0, 0.05) is 25.7 Å². The summed E-state index contributed by atoms with van der Waals surface area (Å²) in [6.45, 7) is 3.30. The normalized spacial score (nSPS) is 22.2. The van der Waals surface area contributed by atoms with E-state index in [1.807, 2.05) is 6.07 Å². The van der Waals surface area contributed by atoms with E-state index in [1.54, 1.807) is 24.3 Å². The quantitative estimate of drug-likeness (QED) is 0.607. The number of halogens is 2. The fraction of sp³-hybridized carbons (Fsp3) is 0.524. The Morgan fingerprint density at radius 2 is 2.14 bits per heavy atom. The van der Waals surface area contributed by atoms with Crippen molar-refractivity contribution in [3.63, 3.8) is 0 Å². The van der Waals surface area contributed by atoms with Crippen LogP contribution in [-0.2, 0) is 9.59 Å². The monoisotopic (exact) mass is 439 g/mol. The van der Waals surface area contributed by atoms with Crippen molar-refractivity contribution in [3.05, 3.63) is 39.9 Å². The maximum absolute atomic E-state index is 13.1. The molecule has 29 heavy (non-hydrogen) atoms. The van der Waals surface area contributed by atoms with E-state index < -0.39 is 0 Å². The number of aliphatic hydroxyl groups excluding tert-OH is 1. The van der Waals surface area contributed by atoms with E-state index in [1.165, 1.54) is 0 Å². The van der Waals surface area contributed by atoms with E-state index in [9.17, 15) is 14.7 Å². The molecule has 0 bridgehead atoms. The van der Waals surface area contributed by atoms with Gasteiger partial charge in [0.25, 0.3) is 0 Å². The molecule has 1 unspecified atom stereocenters. The number of likely N-dealkylation sites (tertiary alicyclic amines) is 1. The molecule has 1 amide bonds. The SMILES string of the molecule is O=C1CN(CCC(C(=O)/C=C/c2ccc(Cl)c(Cl)c2)N2CCC[C@@H]2CO)CCN1. The van der Waals surface area contributed by atoms with Gasteiger partial charge in [-0.15, -0.1) is 0 Å². The maximum atomic E-state index is 13.1. The second-order valence-corrected chi connectivity index (χ2v) is 8.37. The zero-order valence-electron chi connectivity index (χ0n) is 16.3. The van der Waals surface area contributed by atoms with E-state index in [4.69, 9.17) is 23.2 Å². The smallest absolute Gasteiger partial charge is 0.234 e. The van der Waals surface area contributed by atoms with Gasteiger partial charge in [0.1, 0.15) is 0 Å². The van der Waals surface area contributed by atoms with Crippen LogP contribution in [0.4, 0.5) is 0 Å². The van der Waals surface area contributed by atoms with Crippen molar-refractivity contribution in [2.75, 3.05) is 39.3 Å². The number of benzene rings is 1. The highest BCUT2D eigenvalue weighted by Crippen LogP contribution is 2.25. The minimum Gasteiger partial charge on any atom is -0.395 e. The zero-order chi connectivity index (χ0) is 20.8. The Morgan fingerprint density at radius 3 is 2.86 bits per heavy atom. The number of rotatable bonds is 8. The number of piperazine rings is 1. The lowest BCUT2D eigenvalue weighted by Crippen LogP contribution is -2.50. The largest absolute Gasteiger partial charge is 0.395 e. The number of nitrogens with zero attached hydrogens (tertiary/aromatic N) is 2. The number of amides is 1. The fourth-order valence-corrected chi connectivity index (χ4v) is 4.34. The first kappa shape index (κ1) is 22.2. The summed E-state index contributed by atoms with van der Waals surface area (Å²) in [5.41, 5.74) is 0.805. The molecule has 1 aromatic rings. The Bertz CT molecular complexity index is 772. The Kier molecular flexibility index (Phi) is 8.09. The number of carbonyl (C=O) groups excluding carboxylic acids is 2. The van der Waals surface area contributed by atoms with Gasteiger partial charge in [-0.2, -0.15) is 0 Å². The standard InChI is InChI=1S/C21H27Cl2N3O3/c22-17-5-3-15(12-18(17)23)4-6-20(28)19(26-9-1-2-16(26)14-27)7-10-25-11-8-24-21(29)13-25/h3-6,12,16,19,27H,1-2,7-11,13-14H2,(H,24,29)/b6-4+/t16-,19?/m1/s1. The zero-order valence-corrected chi connectivity index (χ0v) is 17.8. The van der Waals surface area contributed by atoms with Crippen LogP contribution in [-0.4, -0.2) is 78.0 Å². The van der Waals surface area contributed by atoms with Crippen molar-refractivity contribution in [2.24, 2.45) is 0 Å². The van der Waals surface area contributed by atoms with Crippen LogP contribution >= 0.6 is 23.2 Å². The van der Waals surface area contributed by atoms with E-state index in [2.05, 4.69) is 15.1 Å². The molecule has 2 N–H and O–H groups in total. The third kappa shape index (κ3) is 6.03. The van der Waals surface area contributed by atoms with Gasteiger partial charge in [-0.3, -0.25) is 19.4 Å². The molecule has 2 aliphatic rings. The summed E-state index contributed by atoms with van der Waals surface area (Å²) < 4.78 is 0. The van der Waals surface area contributed by atoms with E-state index in [0.29, 0.717) is 36.1 Å². The topological polar surface area (TPSA) is 72.9 Å². The highest BCUT2D eigenvalue weighted by atomic mass is 35.5. The second-order valence-electron chi connectivity index (χ2n) is 7.56. The molecule has 1 aromatic carbocycles.